The maximum absolute atomic E-state index is 12.2. The molecule has 136 valence electrons. The predicted molar refractivity (Wildman–Crippen MR) is 98.9 cm³/mol. The molecule has 0 aliphatic heterocycles. The third kappa shape index (κ3) is 5.60. The fourth-order valence-electron chi connectivity index (χ4n) is 2.06. The Balaban J connectivity index is 1.92. The Kier molecular flexibility index (Phi) is 6.74. The molecular weight excluding hydrogens is 356 g/mol. The van der Waals surface area contributed by atoms with Gasteiger partial charge in [0.05, 0.1) is 16.3 Å². The van der Waals surface area contributed by atoms with E-state index in [2.05, 4.69) is 10.6 Å². The minimum Gasteiger partial charge on any atom is -0.449 e. The van der Waals surface area contributed by atoms with Crippen LogP contribution in [0.1, 0.15) is 29.8 Å². The van der Waals surface area contributed by atoms with Crippen LogP contribution in [0, 0.1) is 0 Å². The number of carbonyl (C=O) groups is 3. The molecule has 26 heavy (non-hydrogen) atoms. The van der Waals surface area contributed by atoms with Gasteiger partial charge in [0.2, 0.25) is 5.91 Å². The number of amides is 2. The summed E-state index contributed by atoms with van der Waals surface area (Å²) in [6.07, 6.45) is -0.988. The first-order valence-corrected chi connectivity index (χ1v) is 8.34. The molecule has 0 heterocycles. The summed E-state index contributed by atoms with van der Waals surface area (Å²) in [6, 6.07) is 13.4. The van der Waals surface area contributed by atoms with E-state index < -0.39 is 18.0 Å². The maximum Gasteiger partial charge on any atom is 0.338 e. The van der Waals surface area contributed by atoms with Crippen molar-refractivity contribution in [3.05, 3.63) is 64.7 Å². The molecule has 2 rings (SSSR count). The summed E-state index contributed by atoms with van der Waals surface area (Å²) in [7, 11) is 0. The molecule has 2 amide bonds. The molecule has 0 radical (unpaired) electrons. The third-order valence-corrected chi connectivity index (χ3v) is 3.85. The van der Waals surface area contributed by atoms with Crippen molar-refractivity contribution in [3.8, 4) is 0 Å². The van der Waals surface area contributed by atoms with E-state index in [-0.39, 0.29) is 5.91 Å². The molecular formula is C19H19ClN2O4. The standard InChI is InChI=1S/C19H19ClN2O4/c1-12(18(24)22-17-6-4-3-5-16(17)20)26-19(25)15-9-7-14(8-10-15)11-21-13(2)23/h3-10,12H,11H2,1-2H3,(H,21,23)(H,22,24). The summed E-state index contributed by atoms with van der Waals surface area (Å²) in [5.74, 6) is -1.22. The van der Waals surface area contributed by atoms with Gasteiger partial charge in [0.25, 0.3) is 5.91 Å². The number of hydrogen-bond donors (Lipinski definition) is 2. The molecule has 0 saturated heterocycles. The Labute approximate surface area is 156 Å². The van der Waals surface area contributed by atoms with Crippen LogP contribution in [0.15, 0.2) is 48.5 Å². The largest absolute Gasteiger partial charge is 0.449 e. The third-order valence-electron chi connectivity index (χ3n) is 3.52. The Hall–Kier alpha value is -2.86. The Morgan fingerprint density at radius 3 is 2.35 bits per heavy atom. The van der Waals surface area contributed by atoms with Gasteiger partial charge in [-0.05, 0) is 36.8 Å². The molecule has 1 unspecified atom stereocenters. The summed E-state index contributed by atoms with van der Waals surface area (Å²) in [6.45, 7) is 3.29. The summed E-state index contributed by atoms with van der Waals surface area (Å²) < 4.78 is 5.18. The zero-order valence-corrected chi connectivity index (χ0v) is 15.2. The van der Waals surface area contributed by atoms with E-state index in [4.69, 9.17) is 16.3 Å². The van der Waals surface area contributed by atoms with Gasteiger partial charge < -0.3 is 15.4 Å². The van der Waals surface area contributed by atoms with Crippen LogP contribution in [0.2, 0.25) is 5.02 Å². The molecule has 0 aromatic heterocycles. The van der Waals surface area contributed by atoms with Crippen molar-refractivity contribution in [2.24, 2.45) is 0 Å². The number of esters is 1. The highest BCUT2D eigenvalue weighted by Crippen LogP contribution is 2.20. The van der Waals surface area contributed by atoms with Gasteiger partial charge in [-0.15, -0.1) is 0 Å². The second-order valence-electron chi connectivity index (χ2n) is 5.62. The van der Waals surface area contributed by atoms with Gasteiger partial charge in [0.1, 0.15) is 0 Å². The van der Waals surface area contributed by atoms with E-state index in [1.54, 1.807) is 48.5 Å². The lowest BCUT2D eigenvalue weighted by atomic mass is 10.1. The number of nitrogens with one attached hydrogen (secondary N) is 2. The van der Waals surface area contributed by atoms with E-state index >= 15 is 0 Å². The molecule has 6 nitrogen and oxygen atoms in total. The zero-order valence-electron chi connectivity index (χ0n) is 14.4. The highest BCUT2D eigenvalue weighted by atomic mass is 35.5. The number of halogens is 1. The SMILES string of the molecule is CC(=O)NCc1ccc(C(=O)OC(C)C(=O)Nc2ccccc2Cl)cc1. The molecule has 0 fully saturated rings. The summed E-state index contributed by atoms with van der Waals surface area (Å²) in [5.41, 5.74) is 1.61. The van der Waals surface area contributed by atoms with Crippen molar-refractivity contribution in [2.45, 2.75) is 26.5 Å². The van der Waals surface area contributed by atoms with Crippen molar-refractivity contribution >= 4 is 35.1 Å². The van der Waals surface area contributed by atoms with Crippen LogP contribution in [-0.4, -0.2) is 23.9 Å². The highest BCUT2D eigenvalue weighted by molar-refractivity contribution is 6.33. The molecule has 0 aliphatic rings. The van der Waals surface area contributed by atoms with Crippen molar-refractivity contribution in [3.63, 3.8) is 0 Å². The van der Waals surface area contributed by atoms with Crippen LogP contribution in [0.5, 0.6) is 0 Å². The predicted octanol–water partition coefficient (Wildman–Crippen LogP) is 3.16. The lowest BCUT2D eigenvalue weighted by Crippen LogP contribution is -2.30. The number of carbonyl (C=O) groups excluding carboxylic acids is 3. The number of anilines is 1. The van der Waals surface area contributed by atoms with Gasteiger partial charge in [0, 0.05) is 13.5 Å². The average molecular weight is 375 g/mol. The summed E-state index contributed by atoms with van der Waals surface area (Å²) >= 11 is 5.99. The van der Waals surface area contributed by atoms with E-state index in [1.807, 2.05) is 0 Å². The van der Waals surface area contributed by atoms with Crippen molar-refractivity contribution in [2.75, 3.05) is 5.32 Å². The molecule has 2 N–H and O–H groups in total. The molecule has 0 aliphatic carbocycles. The smallest absolute Gasteiger partial charge is 0.338 e. The van der Waals surface area contributed by atoms with Crippen LogP contribution in [0.3, 0.4) is 0 Å². The van der Waals surface area contributed by atoms with Gasteiger partial charge >= 0.3 is 5.97 Å². The topological polar surface area (TPSA) is 84.5 Å². The quantitative estimate of drug-likeness (QED) is 0.760. The van der Waals surface area contributed by atoms with E-state index in [1.165, 1.54) is 13.8 Å². The van der Waals surface area contributed by atoms with Crippen LogP contribution in [-0.2, 0) is 20.9 Å². The van der Waals surface area contributed by atoms with Crippen molar-refractivity contribution in [1.82, 2.24) is 5.32 Å². The van der Waals surface area contributed by atoms with E-state index in [0.717, 1.165) is 5.56 Å². The Morgan fingerprint density at radius 2 is 1.73 bits per heavy atom. The molecule has 7 heteroatoms. The number of para-hydroxylation sites is 1. The number of benzene rings is 2. The molecule has 0 saturated carbocycles. The minimum atomic E-state index is -0.988. The van der Waals surface area contributed by atoms with Gasteiger partial charge in [-0.3, -0.25) is 9.59 Å². The number of rotatable bonds is 6. The number of ether oxygens (including phenoxy) is 1. The van der Waals surface area contributed by atoms with Crippen LogP contribution >= 0.6 is 11.6 Å². The normalized spacial score (nSPS) is 11.3. The monoisotopic (exact) mass is 374 g/mol. The molecule has 1 atom stereocenters. The maximum atomic E-state index is 12.2. The second-order valence-corrected chi connectivity index (χ2v) is 6.03. The first-order valence-electron chi connectivity index (χ1n) is 7.96. The van der Waals surface area contributed by atoms with Gasteiger partial charge in [-0.1, -0.05) is 35.9 Å². The Bertz CT molecular complexity index is 805. The fraction of sp³-hybridized carbons (Fsp3) is 0.211. The summed E-state index contributed by atoms with van der Waals surface area (Å²) in [5, 5.41) is 5.68. The lowest BCUT2D eigenvalue weighted by molar-refractivity contribution is -0.123. The van der Waals surface area contributed by atoms with Gasteiger partial charge in [0.15, 0.2) is 6.10 Å². The van der Waals surface area contributed by atoms with Crippen LogP contribution in [0.25, 0.3) is 0 Å². The van der Waals surface area contributed by atoms with Crippen molar-refractivity contribution < 1.29 is 19.1 Å². The molecule has 0 spiro atoms. The molecule has 2 aromatic rings. The first-order chi connectivity index (χ1) is 12.4. The average Bonchev–Trinajstić information content (AvgIpc) is 2.62. The van der Waals surface area contributed by atoms with E-state index in [0.29, 0.717) is 22.8 Å². The first kappa shape index (κ1) is 19.5. The fourth-order valence-corrected chi connectivity index (χ4v) is 2.25. The lowest BCUT2D eigenvalue weighted by Gasteiger charge is -2.14. The number of hydrogen-bond acceptors (Lipinski definition) is 4. The van der Waals surface area contributed by atoms with Crippen LogP contribution < -0.4 is 10.6 Å². The Morgan fingerprint density at radius 1 is 1.08 bits per heavy atom. The van der Waals surface area contributed by atoms with Crippen LogP contribution in [0.4, 0.5) is 5.69 Å². The molecule has 2 aromatic carbocycles. The van der Waals surface area contributed by atoms with Gasteiger partial charge in [-0.25, -0.2) is 4.79 Å². The van der Waals surface area contributed by atoms with Gasteiger partial charge in [-0.2, -0.15) is 0 Å². The zero-order chi connectivity index (χ0) is 19.1. The minimum absolute atomic E-state index is 0.133. The van der Waals surface area contributed by atoms with Crippen molar-refractivity contribution in [1.29, 1.82) is 0 Å². The molecule has 0 bridgehead atoms. The highest BCUT2D eigenvalue weighted by Gasteiger charge is 2.19. The second kappa shape index (κ2) is 9.01. The summed E-state index contributed by atoms with van der Waals surface area (Å²) in [4.78, 5) is 35.2. The van der Waals surface area contributed by atoms with E-state index in [9.17, 15) is 14.4 Å².